The Morgan fingerprint density at radius 3 is 2.10 bits per heavy atom. The lowest BCUT2D eigenvalue weighted by Crippen LogP contribution is -2.18. The molecule has 7 heteroatoms. The van der Waals surface area contributed by atoms with Crippen LogP contribution in [-0.2, 0) is 26.6 Å². The fourth-order valence-electron chi connectivity index (χ4n) is 0.336. The smallest absolute Gasteiger partial charge is 0.303 e. The largest absolute Gasteiger partial charge is 0.304 e. The van der Waals surface area contributed by atoms with E-state index in [0.29, 0.717) is 0 Å². The van der Waals surface area contributed by atoms with Crippen molar-refractivity contribution in [2.24, 2.45) is 0 Å². The summed E-state index contributed by atoms with van der Waals surface area (Å²) in [7, 11) is 0. The number of rotatable bonds is 4. The van der Waals surface area contributed by atoms with Gasteiger partial charge in [0.05, 0.1) is 0 Å². The molecule has 0 fully saturated rings. The Kier molecular flexibility index (Phi) is 5.00. The summed E-state index contributed by atoms with van der Waals surface area (Å²) in [6.45, 7) is 1.58. The van der Waals surface area contributed by atoms with Crippen molar-refractivity contribution in [2.45, 2.75) is 18.8 Å². The van der Waals surface area contributed by atoms with Crippen molar-refractivity contribution in [3.05, 3.63) is 0 Å². The monoisotopic (exact) mass is 188 g/mol. The van der Waals surface area contributed by atoms with Gasteiger partial charge in [-0.05, 0) is 6.42 Å². The fraction of sp³-hybridized carbons (Fsp3) is 1.00. The molecular formula is C3H8O5S2. The van der Waals surface area contributed by atoms with Crippen LogP contribution in [0.5, 0.6) is 0 Å². The predicted molar refractivity (Wildman–Crippen MR) is 36.7 cm³/mol. The fourth-order valence-corrected chi connectivity index (χ4v) is 1.41. The molecule has 3 unspecified atom stereocenters. The van der Waals surface area contributed by atoms with Crippen LogP contribution >= 0.6 is 0 Å². The molecule has 5 nitrogen and oxygen atoms in total. The number of hydrogen-bond acceptors (Lipinski definition) is 3. The predicted octanol–water partition coefficient (Wildman–Crippen LogP) is 0.0975. The van der Waals surface area contributed by atoms with Gasteiger partial charge in [0.2, 0.25) is 0 Å². The zero-order chi connectivity index (χ0) is 8.15. The SMILES string of the molecule is CCC(OS(=O)O)S(=O)O. The van der Waals surface area contributed by atoms with Gasteiger partial charge in [0.1, 0.15) is 0 Å². The van der Waals surface area contributed by atoms with Crippen molar-refractivity contribution in [3.8, 4) is 0 Å². The first-order chi connectivity index (χ1) is 4.57. The summed E-state index contributed by atoms with van der Waals surface area (Å²) in [5, 5.41) is 0. The molecule has 0 aliphatic carbocycles. The van der Waals surface area contributed by atoms with E-state index in [0.717, 1.165) is 0 Å². The lowest BCUT2D eigenvalue weighted by molar-refractivity contribution is 0.262. The zero-order valence-electron chi connectivity index (χ0n) is 5.22. The van der Waals surface area contributed by atoms with Crippen LogP contribution < -0.4 is 0 Å². The molecular weight excluding hydrogens is 180 g/mol. The summed E-state index contributed by atoms with van der Waals surface area (Å²) >= 11 is -4.67. The van der Waals surface area contributed by atoms with Crippen molar-refractivity contribution in [3.63, 3.8) is 0 Å². The average Bonchev–Trinajstić information content (AvgIpc) is 1.81. The average molecular weight is 188 g/mol. The van der Waals surface area contributed by atoms with Crippen molar-refractivity contribution in [2.75, 3.05) is 0 Å². The molecule has 62 valence electrons. The van der Waals surface area contributed by atoms with E-state index < -0.39 is 27.9 Å². The van der Waals surface area contributed by atoms with E-state index in [2.05, 4.69) is 4.18 Å². The van der Waals surface area contributed by atoms with Gasteiger partial charge in [-0.25, -0.2) is 8.39 Å². The maximum Gasteiger partial charge on any atom is 0.303 e. The molecule has 0 saturated carbocycles. The lowest BCUT2D eigenvalue weighted by Gasteiger charge is -2.06. The van der Waals surface area contributed by atoms with Gasteiger partial charge in [-0.1, -0.05) is 6.92 Å². The van der Waals surface area contributed by atoms with Crippen LogP contribution in [0, 0.1) is 0 Å². The van der Waals surface area contributed by atoms with Crippen LogP contribution in [0.4, 0.5) is 0 Å². The normalized spacial score (nSPS) is 19.9. The van der Waals surface area contributed by atoms with Crippen LogP contribution in [0.2, 0.25) is 0 Å². The highest BCUT2D eigenvalue weighted by molar-refractivity contribution is 7.81. The molecule has 0 aliphatic rings. The quantitative estimate of drug-likeness (QED) is 0.611. The summed E-state index contributed by atoms with van der Waals surface area (Å²) in [5.74, 6) is 0. The third kappa shape index (κ3) is 4.07. The van der Waals surface area contributed by atoms with E-state index in [9.17, 15) is 8.42 Å². The second-order valence-corrected chi connectivity index (χ2v) is 3.13. The highest BCUT2D eigenvalue weighted by Gasteiger charge is 2.15. The van der Waals surface area contributed by atoms with E-state index in [4.69, 9.17) is 9.11 Å². The first kappa shape index (κ1) is 10.2. The lowest BCUT2D eigenvalue weighted by atomic mass is 10.5. The van der Waals surface area contributed by atoms with Gasteiger partial charge >= 0.3 is 11.4 Å². The molecule has 0 aromatic carbocycles. The minimum Gasteiger partial charge on any atom is -0.304 e. The molecule has 0 aromatic heterocycles. The van der Waals surface area contributed by atoms with Crippen molar-refractivity contribution in [1.29, 1.82) is 0 Å². The molecule has 0 bridgehead atoms. The zero-order valence-corrected chi connectivity index (χ0v) is 6.85. The second-order valence-electron chi connectivity index (χ2n) is 1.43. The third-order valence-electron chi connectivity index (χ3n) is 0.748. The van der Waals surface area contributed by atoms with E-state index in [-0.39, 0.29) is 6.42 Å². The van der Waals surface area contributed by atoms with Crippen molar-refractivity contribution >= 4 is 22.4 Å². The van der Waals surface area contributed by atoms with Gasteiger partial charge in [0.25, 0.3) is 0 Å². The van der Waals surface area contributed by atoms with Gasteiger partial charge in [-0.3, -0.25) is 4.55 Å². The Morgan fingerprint density at radius 1 is 1.50 bits per heavy atom. The van der Waals surface area contributed by atoms with Gasteiger partial charge in [0, 0.05) is 0 Å². The minimum absolute atomic E-state index is 0.218. The minimum atomic E-state index is -2.47. The Balaban J connectivity index is 3.83. The highest BCUT2D eigenvalue weighted by atomic mass is 32.2. The molecule has 0 rings (SSSR count). The first-order valence-electron chi connectivity index (χ1n) is 2.45. The Hall–Kier alpha value is 0.180. The summed E-state index contributed by atoms with van der Waals surface area (Å²) in [5.41, 5.74) is -1.08. The standard InChI is InChI=1S/C3H8O5S2/c1-2-3(9(4)5)8-10(6)7/h3H,2H2,1H3,(H,4,5)(H,6,7). The molecule has 0 aromatic rings. The van der Waals surface area contributed by atoms with E-state index in [1.54, 1.807) is 6.92 Å². The topological polar surface area (TPSA) is 83.8 Å². The molecule has 0 aliphatic heterocycles. The summed E-state index contributed by atoms with van der Waals surface area (Å²) in [6.07, 6.45) is 0.218. The van der Waals surface area contributed by atoms with Crippen LogP contribution in [0.15, 0.2) is 0 Å². The second kappa shape index (κ2) is 4.91. The molecule has 2 N–H and O–H groups in total. The molecule has 0 amide bonds. The number of hydrogen-bond donors (Lipinski definition) is 2. The Morgan fingerprint density at radius 2 is 2.00 bits per heavy atom. The van der Waals surface area contributed by atoms with Crippen LogP contribution in [-0.4, -0.2) is 23.0 Å². The van der Waals surface area contributed by atoms with E-state index >= 15 is 0 Å². The van der Waals surface area contributed by atoms with E-state index in [1.165, 1.54) is 0 Å². The summed E-state index contributed by atoms with van der Waals surface area (Å²) < 4.78 is 40.7. The van der Waals surface area contributed by atoms with E-state index in [1.807, 2.05) is 0 Å². The summed E-state index contributed by atoms with van der Waals surface area (Å²) in [4.78, 5) is 0. The van der Waals surface area contributed by atoms with Gasteiger partial charge in [-0.2, -0.15) is 4.21 Å². The molecule has 0 radical (unpaired) electrons. The maximum atomic E-state index is 10.2. The van der Waals surface area contributed by atoms with Gasteiger partial charge < -0.3 is 4.55 Å². The Labute approximate surface area is 63.5 Å². The molecule has 0 saturated heterocycles. The molecule has 0 spiro atoms. The van der Waals surface area contributed by atoms with Crippen LogP contribution in [0.1, 0.15) is 13.3 Å². The van der Waals surface area contributed by atoms with Crippen molar-refractivity contribution in [1.82, 2.24) is 0 Å². The third-order valence-corrected chi connectivity index (χ3v) is 2.15. The summed E-state index contributed by atoms with van der Waals surface area (Å²) in [6, 6.07) is 0. The molecule has 0 heterocycles. The van der Waals surface area contributed by atoms with Crippen LogP contribution in [0.25, 0.3) is 0 Å². The van der Waals surface area contributed by atoms with Crippen molar-refractivity contribution < 1.29 is 21.7 Å². The highest BCUT2D eigenvalue weighted by Crippen LogP contribution is 2.02. The Bertz CT molecular complexity index is 146. The maximum absolute atomic E-state index is 10.2. The van der Waals surface area contributed by atoms with Gasteiger partial charge in [0.15, 0.2) is 16.5 Å². The first-order valence-corrected chi connectivity index (χ1v) is 4.65. The molecule has 3 atom stereocenters. The van der Waals surface area contributed by atoms with Gasteiger partial charge in [-0.15, -0.1) is 0 Å². The van der Waals surface area contributed by atoms with Crippen LogP contribution in [0.3, 0.4) is 0 Å². The molecule has 10 heavy (non-hydrogen) atoms.